The molecule has 0 amide bonds. The molecule has 1 fully saturated rings. The maximum absolute atomic E-state index is 4.00. The van der Waals surface area contributed by atoms with Crippen LogP contribution in [-0.2, 0) is 0 Å². The lowest BCUT2D eigenvalue weighted by atomic mass is 10.0. The van der Waals surface area contributed by atoms with Crippen LogP contribution in [0.3, 0.4) is 0 Å². The average Bonchev–Trinajstić information content (AvgIpc) is 2.06. The van der Waals surface area contributed by atoms with E-state index in [0.717, 1.165) is 24.8 Å². The molecule has 68 valence electrons. The van der Waals surface area contributed by atoms with Crippen molar-refractivity contribution in [1.82, 2.24) is 15.1 Å². The van der Waals surface area contributed by atoms with Gasteiger partial charge in [0.2, 0.25) is 0 Å². The molecule has 0 aliphatic carbocycles. The minimum atomic E-state index is 0.889. The lowest BCUT2D eigenvalue weighted by Gasteiger charge is -2.34. The average molecular weight is 168 g/mol. The Morgan fingerprint density at radius 2 is 2.08 bits per heavy atom. The van der Waals surface area contributed by atoms with Crippen LogP contribution in [0.15, 0.2) is 0 Å². The molecule has 4 nitrogen and oxygen atoms in total. The summed E-state index contributed by atoms with van der Waals surface area (Å²) < 4.78 is 0. The molecule has 0 unspecified atom stereocenters. The maximum Gasteiger partial charge on any atom is 0.166 e. The third-order valence-electron chi connectivity index (χ3n) is 2.66. The Morgan fingerprint density at radius 1 is 1.42 bits per heavy atom. The van der Waals surface area contributed by atoms with E-state index in [2.05, 4.69) is 22.2 Å². The second-order valence-electron chi connectivity index (χ2n) is 3.71. The Labute approximate surface area is 72.5 Å². The van der Waals surface area contributed by atoms with E-state index in [1.165, 1.54) is 12.8 Å². The first kappa shape index (κ1) is 7.71. The minimum absolute atomic E-state index is 0.889. The number of aromatic amines is 1. The standard InChI is InChI=1S/C8H16N4/c1-7-3-5-11(6-4-7)12-8(2)9-10-12/h7,10H,3-6H2,1-2H3. The fourth-order valence-corrected chi connectivity index (χ4v) is 1.66. The number of piperidine rings is 1. The zero-order valence-electron chi connectivity index (χ0n) is 7.75. The summed E-state index contributed by atoms with van der Waals surface area (Å²) in [5, 5.41) is 9.24. The van der Waals surface area contributed by atoms with E-state index in [9.17, 15) is 0 Å². The minimum Gasteiger partial charge on any atom is -0.296 e. The van der Waals surface area contributed by atoms with Gasteiger partial charge in [-0.1, -0.05) is 6.92 Å². The van der Waals surface area contributed by atoms with Gasteiger partial charge in [-0.15, -0.1) is 5.10 Å². The van der Waals surface area contributed by atoms with Crippen LogP contribution in [0, 0.1) is 12.8 Å². The maximum atomic E-state index is 4.00. The van der Waals surface area contributed by atoms with Crippen molar-refractivity contribution in [3.63, 3.8) is 0 Å². The largest absolute Gasteiger partial charge is 0.296 e. The first-order chi connectivity index (χ1) is 5.77. The monoisotopic (exact) mass is 168 g/mol. The van der Waals surface area contributed by atoms with E-state index in [1.807, 2.05) is 11.7 Å². The van der Waals surface area contributed by atoms with Gasteiger partial charge in [0.15, 0.2) is 5.82 Å². The third kappa shape index (κ3) is 1.21. The highest BCUT2D eigenvalue weighted by Gasteiger charge is 2.17. The Balaban J connectivity index is 1.96. The highest BCUT2D eigenvalue weighted by molar-refractivity contribution is 4.93. The van der Waals surface area contributed by atoms with Gasteiger partial charge in [0, 0.05) is 13.1 Å². The predicted octanol–water partition coefficient (Wildman–Crippen LogP) is 0.888. The summed E-state index contributed by atoms with van der Waals surface area (Å²) >= 11 is 0. The first-order valence-corrected chi connectivity index (χ1v) is 4.62. The van der Waals surface area contributed by atoms with Crippen molar-refractivity contribution < 1.29 is 0 Å². The van der Waals surface area contributed by atoms with Crippen LogP contribution in [-0.4, -0.2) is 28.2 Å². The highest BCUT2D eigenvalue weighted by Crippen LogP contribution is 2.15. The second kappa shape index (κ2) is 2.84. The molecule has 1 N–H and O–H groups in total. The number of nitrogens with one attached hydrogen (secondary N) is 1. The predicted molar refractivity (Wildman–Crippen MR) is 47.7 cm³/mol. The third-order valence-corrected chi connectivity index (χ3v) is 2.66. The molecule has 1 aromatic rings. The highest BCUT2D eigenvalue weighted by atomic mass is 15.7. The van der Waals surface area contributed by atoms with Gasteiger partial charge in [-0.3, -0.25) is 5.01 Å². The van der Waals surface area contributed by atoms with Crippen molar-refractivity contribution in [2.45, 2.75) is 26.7 Å². The van der Waals surface area contributed by atoms with Gasteiger partial charge in [-0.2, -0.15) is 10.0 Å². The van der Waals surface area contributed by atoms with Crippen LogP contribution in [0.25, 0.3) is 0 Å². The molecule has 1 aliphatic rings. The van der Waals surface area contributed by atoms with Crippen molar-refractivity contribution >= 4 is 0 Å². The molecule has 0 atom stereocenters. The zero-order valence-corrected chi connectivity index (χ0v) is 7.75. The molecule has 0 spiro atoms. The van der Waals surface area contributed by atoms with Crippen LogP contribution in [0.1, 0.15) is 25.6 Å². The molecule has 1 aliphatic heterocycles. The van der Waals surface area contributed by atoms with Gasteiger partial charge < -0.3 is 0 Å². The van der Waals surface area contributed by atoms with Gasteiger partial charge >= 0.3 is 0 Å². The first-order valence-electron chi connectivity index (χ1n) is 4.62. The van der Waals surface area contributed by atoms with E-state index in [1.54, 1.807) is 0 Å². The summed E-state index contributed by atoms with van der Waals surface area (Å²) in [5.41, 5.74) is 0. The van der Waals surface area contributed by atoms with E-state index in [-0.39, 0.29) is 0 Å². The van der Waals surface area contributed by atoms with Crippen LogP contribution in [0.4, 0.5) is 0 Å². The molecule has 0 aromatic carbocycles. The Kier molecular flexibility index (Phi) is 1.83. The van der Waals surface area contributed by atoms with Crippen molar-refractivity contribution in [2.75, 3.05) is 18.1 Å². The summed E-state index contributed by atoms with van der Waals surface area (Å²) in [6, 6.07) is 0. The van der Waals surface area contributed by atoms with Gasteiger partial charge in [0.05, 0.1) is 0 Å². The molecule has 0 saturated carbocycles. The molecule has 2 heterocycles. The number of hydrogen-bond acceptors (Lipinski definition) is 2. The lowest BCUT2D eigenvalue weighted by molar-refractivity contribution is 0.335. The SMILES string of the molecule is Cc1n[nH]n1N1CCC(C)CC1. The number of aryl methyl sites for hydroxylation is 1. The molecule has 0 bridgehead atoms. The summed E-state index contributed by atoms with van der Waals surface area (Å²) in [7, 11) is 0. The van der Waals surface area contributed by atoms with Crippen LogP contribution in [0.2, 0.25) is 0 Å². The summed E-state index contributed by atoms with van der Waals surface area (Å²) in [5.74, 6) is 1.96. The normalized spacial score (nSPS) is 20.3. The quantitative estimate of drug-likeness (QED) is 0.676. The van der Waals surface area contributed by atoms with Crippen LogP contribution in [0.5, 0.6) is 0 Å². The molecule has 1 saturated heterocycles. The van der Waals surface area contributed by atoms with E-state index >= 15 is 0 Å². The van der Waals surface area contributed by atoms with Crippen molar-refractivity contribution in [2.24, 2.45) is 5.92 Å². The molecular weight excluding hydrogens is 152 g/mol. The molecule has 1 aromatic heterocycles. The Morgan fingerprint density at radius 3 is 2.50 bits per heavy atom. The van der Waals surface area contributed by atoms with E-state index in [4.69, 9.17) is 0 Å². The van der Waals surface area contributed by atoms with Gasteiger partial charge in [0.25, 0.3) is 0 Å². The molecule has 12 heavy (non-hydrogen) atoms. The molecule has 2 rings (SSSR count). The zero-order chi connectivity index (χ0) is 8.55. The van der Waals surface area contributed by atoms with E-state index in [0.29, 0.717) is 0 Å². The number of hydrogen-bond donors (Lipinski definition) is 1. The van der Waals surface area contributed by atoms with Gasteiger partial charge in [-0.25, -0.2) is 0 Å². The molecular formula is C8H16N4. The Bertz CT molecular complexity index is 242. The fraction of sp³-hybridized carbons (Fsp3) is 0.875. The van der Waals surface area contributed by atoms with Crippen LogP contribution >= 0.6 is 0 Å². The van der Waals surface area contributed by atoms with Crippen LogP contribution < -0.4 is 5.01 Å². The van der Waals surface area contributed by atoms with Crippen molar-refractivity contribution in [3.05, 3.63) is 5.82 Å². The lowest BCUT2D eigenvalue weighted by Crippen LogP contribution is -2.45. The number of H-pyrrole nitrogens is 1. The second-order valence-corrected chi connectivity index (χ2v) is 3.71. The van der Waals surface area contributed by atoms with Gasteiger partial charge in [0.1, 0.15) is 0 Å². The number of nitrogens with zero attached hydrogens (tertiary/aromatic N) is 3. The molecule has 0 radical (unpaired) electrons. The summed E-state index contributed by atoms with van der Waals surface area (Å²) in [4.78, 5) is 2.05. The Hall–Kier alpha value is -0.930. The van der Waals surface area contributed by atoms with Gasteiger partial charge in [-0.05, 0) is 25.7 Å². The van der Waals surface area contributed by atoms with Crippen molar-refractivity contribution in [3.8, 4) is 0 Å². The smallest absolute Gasteiger partial charge is 0.166 e. The van der Waals surface area contributed by atoms with E-state index < -0.39 is 0 Å². The fourth-order valence-electron chi connectivity index (χ4n) is 1.66. The van der Waals surface area contributed by atoms with Crippen molar-refractivity contribution in [1.29, 1.82) is 0 Å². The summed E-state index contributed by atoms with van der Waals surface area (Å²) in [6.45, 7) is 6.65. The topological polar surface area (TPSA) is 36.9 Å². The number of rotatable bonds is 1. The summed E-state index contributed by atoms with van der Waals surface area (Å²) in [6.07, 6.45) is 2.59. The molecule has 4 heteroatoms. The number of aromatic nitrogens is 3.